The van der Waals surface area contributed by atoms with Crippen molar-refractivity contribution in [2.24, 2.45) is 0 Å². The molecule has 0 aliphatic carbocycles. The third-order valence-corrected chi connectivity index (χ3v) is 1.75. The van der Waals surface area contributed by atoms with E-state index in [0.717, 1.165) is 16.6 Å². The molecule has 2 aromatic rings. The van der Waals surface area contributed by atoms with Gasteiger partial charge in [-0.05, 0) is 12.1 Å². The summed E-state index contributed by atoms with van der Waals surface area (Å²) < 4.78 is 0. The standard InChI is InChI=1S/C8H9N3O/c12-5-9-7-2-1-3-8-6(7)4-10-11-8/h1-4,9,12H,5H2,(H,10,11). The van der Waals surface area contributed by atoms with Crippen LogP contribution in [0.1, 0.15) is 0 Å². The Hall–Kier alpha value is -1.55. The van der Waals surface area contributed by atoms with Crippen molar-refractivity contribution in [3.8, 4) is 0 Å². The molecule has 0 saturated carbocycles. The van der Waals surface area contributed by atoms with Crippen LogP contribution in [0.5, 0.6) is 0 Å². The smallest absolute Gasteiger partial charge is 0.113 e. The Labute approximate surface area is 69.2 Å². The van der Waals surface area contributed by atoms with Crippen LogP contribution in [0.3, 0.4) is 0 Å². The highest BCUT2D eigenvalue weighted by Crippen LogP contribution is 2.20. The van der Waals surface area contributed by atoms with E-state index in [4.69, 9.17) is 5.11 Å². The maximum Gasteiger partial charge on any atom is 0.113 e. The lowest BCUT2D eigenvalue weighted by molar-refractivity contribution is 0.326. The van der Waals surface area contributed by atoms with Crippen LogP contribution in [0, 0.1) is 0 Å². The highest BCUT2D eigenvalue weighted by atomic mass is 16.3. The number of benzene rings is 1. The van der Waals surface area contributed by atoms with Crippen molar-refractivity contribution in [3.05, 3.63) is 24.4 Å². The molecular weight excluding hydrogens is 154 g/mol. The van der Waals surface area contributed by atoms with Crippen molar-refractivity contribution < 1.29 is 5.11 Å². The Balaban J connectivity index is 2.57. The van der Waals surface area contributed by atoms with E-state index in [2.05, 4.69) is 15.5 Å². The van der Waals surface area contributed by atoms with Gasteiger partial charge >= 0.3 is 0 Å². The van der Waals surface area contributed by atoms with Crippen molar-refractivity contribution in [1.29, 1.82) is 0 Å². The minimum atomic E-state index is -0.0652. The van der Waals surface area contributed by atoms with Gasteiger partial charge < -0.3 is 10.4 Å². The maximum atomic E-state index is 8.67. The zero-order chi connectivity index (χ0) is 8.39. The van der Waals surface area contributed by atoms with Crippen LogP contribution < -0.4 is 5.32 Å². The Bertz CT molecular complexity index is 382. The van der Waals surface area contributed by atoms with Gasteiger partial charge in [-0.15, -0.1) is 0 Å². The molecule has 0 spiro atoms. The fraction of sp³-hybridized carbons (Fsp3) is 0.125. The number of aliphatic hydroxyl groups is 1. The Morgan fingerprint density at radius 1 is 1.50 bits per heavy atom. The fourth-order valence-corrected chi connectivity index (χ4v) is 1.21. The highest BCUT2D eigenvalue weighted by Gasteiger charge is 1.99. The van der Waals surface area contributed by atoms with Crippen LogP contribution in [-0.2, 0) is 0 Å². The first-order chi connectivity index (χ1) is 5.92. The normalized spacial score (nSPS) is 10.4. The molecule has 3 N–H and O–H groups in total. The first kappa shape index (κ1) is 7.12. The third kappa shape index (κ3) is 1.02. The molecular formula is C8H9N3O. The quantitative estimate of drug-likeness (QED) is 0.577. The molecule has 0 saturated heterocycles. The number of hydrogen-bond donors (Lipinski definition) is 3. The summed E-state index contributed by atoms with van der Waals surface area (Å²) in [5.41, 5.74) is 1.86. The summed E-state index contributed by atoms with van der Waals surface area (Å²) in [6, 6.07) is 5.73. The molecule has 0 amide bonds. The van der Waals surface area contributed by atoms with E-state index in [0.29, 0.717) is 0 Å². The molecule has 0 radical (unpaired) electrons. The molecule has 0 bridgehead atoms. The average Bonchev–Trinajstić information content (AvgIpc) is 2.53. The third-order valence-electron chi connectivity index (χ3n) is 1.75. The van der Waals surface area contributed by atoms with Crippen molar-refractivity contribution in [2.75, 3.05) is 12.0 Å². The Kier molecular flexibility index (Phi) is 1.68. The van der Waals surface area contributed by atoms with E-state index < -0.39 is 0 Å². The monoisotopic (exact) mass is 163 g/mol. The van der Waals surface area contributed by atoms with Crippen molar-refractivity contribution in [2.45, 2.75) is 0 Å². The lowest BCUT2D eigenvalue weighted by Gasteiger charge is -2.02. The number of hydrogen-bond acceptors (Lipinski definition) is 3. The first-order valence-electron chi connectivity index (χ1n) is 3.68. The topological polar surface area (TPSA) is 60.9 Å². The second-order valence-electron chi connectivity index (χ2n) is 2.47. The number of fused-ring (bicyclic) bond motifs is 1. The molecule has 0 fully saturated rings. The second-order valence-corrected chi connectivity index (χ2v) is 2.47. The SMILES string of the molecule is OCNc1cccc2[nH]ncc12. The average molecular weight is 163 g/mol. The fourth-order valence-electron chi connectivity index (χ4n) is 1.21. The van der Waals surface area contributed by atoms with Crippen LogP contribution in [0.25, 0.3) is 10.9 Å². The summed E-state index contributed by atoms with van der Waals surface area (Å²) in [7, 11) is 0. The van der Waals surface area contributed by atoms with E-state index in [-0.39, 0.29) is 6.73 Å². The van der Waals surface area contributed by atoms with Gasteiger partial charge in [0.15, 0.2) is 0 Å². The number of aliphatic hydroxyl groups excluding tert-OH is 1. The van der Waals surface area contributed by atoms with Crippen LogP contribution >= 0.6 is 0 Å². The maximum absolute atomic E-state index is 8.67. The molecule has 4 heteroatoms. The number of nitrogens with zero attached hydrogens (tertiary/aromatic N) is 1. The second kappa shape index (κ2) is 2.83. The van der Waals surface area contributed by atoms with E-state index in [9.17, 15) is 0 Å². The van der Waals surface area contributed by atoms with Crippen LogP contribution in [0.4, 0.5) is 5.69 Å². The number of nitrogens with one attached hydrogen (secondary N) is 2. The first-order valence-corrected chi connectivity index (χ1v) is 3.68. The molecule has 12 heavy (non-hydrogen) atoms. The molecule has 0 aliphatic rings. The summed E-state index contributed by atoms with van der Waals surface area (Å²) in [4.78, 5) is 0. The Morgan fingerprint density at radius 2 is 2.42 bits per heavy atom. The number of H-pyrrole nitrogens is 1. The lowest BCUT2D eigenvalue weighted by atomic mass is 10.2. The van der Waals surface area contributed by atoms with Gasteiger partial charge in [0, 0.05) is 11.1 Å². The summed E-state index contributed by atoms with van der Waals surface area (Å²) in [6.45, 7) is -0.0652. The van der Waals surface area contributed by atoms with Gasteiger partial charge in [-0.1, -0.05) is 6.07 Å². The minimum absolute atomic E-state index is 0.0652. The summed E-state index contributed by atoms with van der Waals surface area (Å²) in [6.07, 6.45) is 1.73. The molecule has 0 unspecified atom stereocenters. The minimum Gasteiger partial charge on any atom is -0.377 e. The van der Waals surface area contributed by atoms with Crippen molar-refractivity contribution in [3.63, 3.8) is 0 Å². The highest BCUT2D eigenvalue weighted by molar-refractivity contribution is 5.90. The molecule has 1 heterocycles. The Morgan fingerprint density at radius 3 is 3.25 bits per heavy atom. The van der Waals surface area contributed by atoms with E-state index in [1.165, 1.54) is 0 Å². The van der Waals surface area contributed by atoms with Gasteiger partial charge in [0.2, 0.25) is 0 Å². The number of aromatic nitrogens is 2. The van der Waals surface area contributed by atoms with Gasteiger partial charge in [-0.3, -0.25) is 5.10 Å². The lowest BCUT2D eigenvalue weighted by Crippen LogP contribution is -1.98. The number of aromatic amines is 1. The van der Waals surface area contributed by atoms with E-state index in [1.807, 2.05) is 18.2 Å². The van der Waals surface area contributed by atoms with Gasteiger partial charge in [0.25, 0.3) is 0 Å². The molecule has 4 nitrogen and oxygen atoms in total. The zero-order valence-corrected chi connectivity index (χ0v) is 6.41. The van der Waals surface area contributed by atoms with Crippen molar-refractivity contribution >= 4 is 16.6 Å². The summed E-state index contributed by atoms with van der Waals surface area (Å²) >= 11 is 0. The molecule has 1 aromatic heterocycles. The molecule has 1 aromatic carbocycles. The molecule has 62 valence electrons. The number of anilines is 1. The zero-order valence-electron chi connectivity index (χ0n) is 6.41. The number of rotatable bonds is 2. The van der Waals surface area contributed by atoms with Gasteiger partial charge in [0.05, 0.1) is 11.7 Å². The molecule has 2 rings (SSSR count). The summed E-state index contributed by atoms with van der Waals surface area (Å²) in [5.74, 6) is 0. The molecule has 0 aliphatic heterocycles. The van der Waals surface area contributed by atoms with Crippen LogP contribution in [0.15, 0.2) is 24.4 Å². The molecule has 0 atom stereocenters. The van der Waals surface area contributed by atoms with E-state index >= 15 is 0 Å². The largest absolute Gasteiger partial charge is 0.377 e. The predicted molar refractivity (Wildman–Crippen MR) is 46.8 cm³/mol. The van der Waals surface area contributed by atoms with Crippen LogP contribution in [-0.4, -0.2) is 22.0 Å². The summed E-state index contributed by atoms with van der Waals surface area (Å²) in [5, 5.41) is 19.2. The van der Waals surface area contributed by atoms with Gasteiger partial charge in [-0.2, -0.15) is 5.10 Å². The van der Waals surface area contributed by atoms with Crippen molar-refractivity contribution in [1.82, 2.24) is 10.2 Å². The van der Waals surface area contributed by atoms with Gasteiger partial charge in [-0.25, -0.2) is 0 Å². The predicted octanol–water partition coefficient (Wildman–Crippen LogP) is 0.925. The van der Waals surface area contributed by atoms with E-state index in [1.54, 1.807) is 6.20 Å². The van der Waals surface area contributed by atoms with Gasteiger partial charge in [0.1, 0.15) is 6.73 Å². The van der Waals surface area contributed by atoms with Crippen LogP contribution in [0.2, 0.25) is 0 Å².